The average molecular weight is 203 g/mol. The van der Waals surface area contributed by atoms with Crippen molar-refractivity contribution >= 4 is 11.0 Å². The number of nitrogens with one attached hydrogen (secondary N) is 1. The van der Waals surface area contributed by atoms with Crippen molar-refractivity contribution in [3.05, 3.63) is 30.1 Å². The van der Waals surface area contributed by atoms with Crippen molar-refractivity contribution in [2.75, 3.05) is 0 Å². The number of hydrogen-bond acceptors (Lipinski definition) is 0. The van der Waals surface area contributed by atoms with E-state index in [0.717, 1.165) is 13.0 Å². The summed E-state index contributed by atoms with van der Waals surface area (Å²) < 4.78 is 2.37. The molecule has 0 aliphatic heterocycles. The van der Waals surface area contributed by atoms with Crippen LogP contribution in [-0.2, 0) is 13.0 Å². The smallest absolute Gasteiger partial charge is 0.241 e. The van der Waals surface area contributed by atoms with Gasteiger partial charge >= 0.3 is 0 Å². The maximum absolute atomic E-state index is 3.51. The van der Waals surface area contributed by atoms with Crippen molar-refractivity contribution in [2.45, 2.75) is 33.7 Å². The van der Waals surface area contributed by atoms with Crippen molar-refractivity contribution in [3.8, 4) is 0 Å². The first-order chi connectivity index (χ1) is 7.22. The minimum Gasteiger partial charge on any atom is -0.241 e. The van der Waals surface area contributed by atoms with Crippen molar-refractivity contribution < 1.29 is 4.57 Å². The Labute approximate surface area is 90.9 Å². The minimum absolute atomic E-state index is 0.691. The quantitative estimate of drug-likeness (QED) is 0.740. The molecular weight excluding hydrogens is 184 g/mol. The van der Waals surface area contributed by atoms with Crippen molar-refractivity contribution in [3.63, 3.8) is 0 Å². The third kappa shape index (κ3) is 1.89. The van der Waals surface area contributed by atoms with Crippen LogP contribution in [0.5, 0.6) is 0 Å². The lowest BCUT2D eigenvalue weighted by Gasteiger charge is -2.00. The predicted octanol–water partition coefficient (Wildman–Crippen LogP) is 2.67. The highest BCUT2D eigenvalue weighted by atomic mass is 15.1. The number of imidazole rings is 1. The molecule has 0 saturated carbocycles. The summed E-state index contributed by atoms with van der Waals surface area (Å²) in [5.74, 6) is 2.03. The van der Waals surface area contributed by atoms with Gasteiger partial charge in [0.05, 0.1) is 13.0 Å². The number of hydrogen-bond donors (Lipinski definition) is 1. The molecule has 1 N–H and O–H groups in total. The van der Waals surface area contributed by atoms with Crippen molar-refractivity contribution in [1.82, 2.24) is 4.98 Å². The van der Waals surface area contributed by atoms with E-state index in [-0.39, 0.29) is 0 Å². The fourth-order valence-corrected chi connectivity index (χ4v) is 2.09. The normalized spacial score (nSPS) is 11.5. The van der Waals surface area contributed by atoms with E-state index in [1.165, 1.54) is 16.9 Å². The second kappa shape index (κ2) is 4.05. The molecule has 0 atom stereocenters. The van der Waals surface area contributed by atoms with Crippen LogP contribution in [0.2, 0.25) is 0 Å². The number of fused-ring (bicyclic) bond motifs is 1. The lowest BCUT2D eigenvalue weighted by molar-refractivity contribution is -0.675. The summed E-state index contributed by atoms with van der Waals surface area (Å²) in [6.07, 6.45) is 1.11. The van der Waals surface area contributed by atoms with E-state index >= 15 is 0 Å². The van der Waals surface area contributed by atoms with Crippen molar-refractivity contribution in [1.29, 1.82) is 0 Å². The summed E-state index contributed by atoms with van der Waals surface area (Å²) in [7, 11) is 0. The molecule has 0 radical (unpaired) electrons. The van der Waals surface area contributed by atoms with Crippen LogP contribution in [0.1, 0.15) is 26.6 Å². The van der Waals surface area contributed by atoms with Gasteiger partial charge in [0.15, 0.2) is 11.0 Å². The van der Waals surface area contributed by atoms with E-state index in [2.05, 4.69) is 54.6 Å². The molecular formula is C13H19N2+. The van der Waals surface area contributed by atoms with Gasteiger partial charge in [0.1, 0.15) is 0 Å². The summed E-state index contributed by atoms with van der Waals surface area (Å²) >= 11 is 0. The van der Waals surface area contributed by atoms with Crippen LogP contribution in [0, 0.1) is 5.92 Å². The Morgan fingerprint density at radius 2 is 2.00 bits per heavy atom. The summed E-state index contributed by atoms with van der Waals surface area (Å²) in [4.78, 5) is 3.51. The first-order valence-electron chi connectivity index (χ1n) is 5.71. The zero-order valence-corrected chi connectivity index (χ0v) is 9.75. The third-order valence-electron chi connectivity index (χ3n) is 2.72. The topological polar surface area (TPSA) is 19.7 Å². The number of rotatable bonds is 3. The van der Waals surface area contributed by atoms with Gasteiger partial charge in [-0.25, -0.2) is 9.55 Å². The standard InChI is InChI=1S/C13H18N2/c1-4-15-12-8-6-5-7-11(12)14-13(15)9-10(2)3/h5-8,10H,4,9H2,1-3H3/p+1. The minimum atomic E-state index is 0.691. The Morgan fingerprint density at radius 3 is 2.67 bits per heavy atom. The molecule has 0 unspecified atom stereocenters. The molecule has 0 fully saturated rings. The zero-order valence-electron chi connectivity index (χ0n) is 9.75. The summed E-state index contributed by atoms with van der Waals surface area (Å²) in [5, 5.41) is 0. The molecule has 1 aromatic heterocycles. The summed E-state index contributed by atoms with van der Waals surface area (Å²) in [6.45, 7) is 7.74. The van der Waals surface area contributed by atoms with E-state index in [9.17, 15) is 0 Å². The Bertz CT molecular complexity index is 455. The molecule has 0 aliphatic rings. The highest BCUT2D eigenvalue weighted by Crippen LogP contribution is 2.11. The molecule has 1 aromatic carbocycles. The molecule has 0 aliphatic carbocycles. The number of H-pyrrole nitrogens is 1. The molecule has 2 aromatic rings. The molecule has 1 heterocycles. The Balaban J connectivity index is 2.54. The molecule has 2 nitrogen and oxygen atoms in total. The van der Waals surface area contributed by atoms with E-state index in [1.807, 2.05) is 0 Å². The number of para-hydroxylation sites is 2. The number of aromatic amines is 1. The van der Waals surface area contributed by atoms with E-state index in [1.54, 1.807) is 0 Å². The van der Waals surface area contributed by atoms with E-state index in [4.69, 9.17) is 0 Å². The van der Waals surface area contributed by atoms with Crippen LogP contribution in [0.4, 0.5) is 0 Å². The van der Waals surface area contributed by atoms with Gasteiger partial charge in [-0.3, -0.25) is 0 Å². The SMILES string of the molecule is CC[n+]1c(CC(C)C)[nH]c2ccccc21. The van der Waals surface area contributed by atoms with Gasteiger partial charge in [-0.05, 0) is 25.0 Å². The van der Waals surface area contributed by atoms with Crippen LogP contribution < -0.4 is 4.57 Å². The predicted molar refractivity (Wildman–Crippen MR) is 62.7 cm³/mol. The Hall–Kier alpha value is -1.31. The maximum Gasteiger partial charge on any atom is 0.255 e. The van der Waals surface area contributed by atoms with Gasteiger partial charge in [-0.2, -0.15) is 0 Å². The summed E-state index contributed by atoms with van der Waals surface area (Å²) in [5.41, 5.74) is 2.56. The molecule has 15 heavy (non-hydrogen) atoms. The highest BCUT2D eigenvalue weighted by Gasteiger charge is 2.16. The van der Waals surface area contributed by atoms with Crippen LogP contribution in [0.3, 0.4) is 0 Å². The van der Waals surface area contributed by atoms with Crippen LogP contribution in [0.15, 0.2) is 24.3 Å². The molecule has 2 heteroatoms. The average Bonchev–Trinajstić information content (AvgIpc) is 2.53. The van der Waals surface area contributed by atoms with Gasteiger partial charge in [0.2, 0.25) is 0 Å². The molecule has 0 amide bonds. The number of aromatic nitrogens is 2. The van der Waals surface area contributed by atoms with Gasteiger partial charge in [-0.15, -0.1) is 0 Å². The Kier molecular flexibility index (Phi) is 2.76. The second-order valence-electron chi connectivity index (χ2n) is 4.43. The second-order valence-corrected chi connectivity index (χ2v) is 4.43. The van der Waals surface area contributed by atoms with E-state index in [0.29, 0.717) is 5.92 Å². The van der Waals surface area contributed by atoms with Gasteiger partial charge in [0.25, 0.3) is 5.82 Å². The van der Waals surface area contributed by atoms with Crippen molar-refractivity contribution in [2.24, 2.45) is 5.92 Å². The molecule has 0 saturated heterocycles. The molecule has 0 bridgehead atoms. The van der Waals surface area contributed by atoms with Crippen LogP contribution >= 0.6 is 0 Å². The fourth-order valence-electron chi connectivity index (χ4n) is 2.09. The fraction of sp³-hybridized carbons (Fsp3) is 0.462. The number of nitrogens with zero attached hydrogens (tertiary/aromatic N) is 1. The Morgan fingerprint density at radius 1 is 1.27 bits per heavy atom. The van der Waals surface area contributed by atoms with Crippen LogP contribution in [0.25, 0.3) is 11.0 Å². The molecule has 2 rings (SSSR count). The van der Waals surface area contributed by atoms with E-state index < -0.39 is 0 Å². The van der Waals surface area contributed by atoms with Gasteiger partial charge in [-0.1, -0.05) is 26.0 Å². The maximum atomic E-state index is 3.51. The number of aryl methyl sites for hydroxylation is 1. The third-order valence-corrected chi connectivity index (χ3v) is 2.72. The lowest BCUT2D eigenvalue weighted by Crippen LogP contribution is -2.36. The molecule has 0 spiro atoms. The largest absolute Gasteiger partial charge is 0.255 e. The summed E-state index contributed by atoms with van der Waals surface area (Å²) in [6, 6.07) is 8.50. The number of benzene rings is 1. The van der Waals surface area contributed by atoms with Gasteiger partial charge < -0.3 is 0 Å². The highest BCUT2D eigenvalue weighted by molar-refractivity contribution is 5.70. The monoisotopic (exact) mass is 203 g/mol. The first-order valence-corrected chi connectivity index (χ1v) is 5.71. The molecule has 80 valence electrons. The lowest BCUT2D eigenvalue weighted by atomic mass is 10.1. The zero-order chi connectivity index (χ0) is 10.8. The van der Waals surface area contributed by atoms with Crippen LogP contribution in [-0.4, -0.2) is 4.98 Å². The van der Waals surface area contributed by atoms with Gasteiger partial charge in [0, 0.05) is 0 Å². The first kappa shape index (κ1) is 10.2.